The smallest absolute Gasteiger partial charge is 0.324 e. The summed E-state index contributed by atoms with van der Waals surface area (Å²) in [4.78, 5) is 18.6. The van der Waals surface area contributed by atoms with Gasteiger partial charge in [0.2, 0.25) is 0 Å². The van der Waals surface area contributed by atoms with Crippen LogP contribution >= 0.6 is 7.60 Å². The maximum atomic E-state index is 11.4. The van der Waals surface area contributed by atoms with Gasteiger partial charge in [0.1, 0.15) is 0 Å². The van der Waals surface area contributed by atoms with E-state index in [0.29, 0.717) is 0 Å². The maximum Gasteiger partial charge on any atom is 0.335 e. The first-order valence-corrected chi connectivity index (χ1v) is 6.00. The Balaban J connectivity index is 5.38. The average molecular weight is 206 g/mol. The summed E-state index contributed by atoms with van der Waals surface area (Å²) in [5, 5.41) is -1.09. The molecule has 0 spiro atoms. The summed E-state index contributed by atoms with van der Waals surface area (Å²) in [5.41, 5.74) is 0. The largest absolute Gasteiger partial charge is 0.335 e. The maximum absolute atomic E-state index is 11.4. The molecule has 3 nitrogen and oxygen atoms in total. The third kappa shape index (κ3) is 2.04. The van der Waals surface area contributed by atoms with Crippen LogP contribution in [0.3, 0.4) is 0 Å². The minimum Gasteiger partial charge on any atom is -0.324 e. The van der Waals surface area contributed by atoms with E-state index in [9.17, 15) is 14.4 Å². The van der Waals surface area contributed by atoms with E-state index >= 15 is 0 Å². The molecule has 0 amide bonds. The predicted octanol–water partition coefficient (Wildman–Crippen LogP) is 2.40. The fraction of sp³-hybridized carbons (Fsp3) is 0.778. The molecule has 0 aliphatic heterocycles. The molecular formula is C9H19O3P. The van der Waals surface area contributed by atoms with Crippen molar-refractivity contribution in [3.8, 4) is 0 Å². The minimum atomic E-state index is -4.14. The van der Waals surface area contributed by atoms with Gasteiger partial charge in [-0.1, -0.05) is 33.8 Å². The lowest BCUT2D eigenvalue weighted by atomic mass is 9.84. The van der Waals surface area contributed by atoms with Crippen LogP contribution in [-0.2, 0) is 4.57 Å². The molecule has 0 atom stereocenters. The number of allylic oxidation sites excluding steroid dienone is 1. The zero-order valence-corrected chi connectivity index (χ0v) is 9.58. The van der Waals surface area contributed by atoms with Crippen LogP contribution in [0.4, 0.5) is 0 Å². The molecule has 0 aromatic carbocycles. The minimum absolute atomic E-state index is 0.120. The Kier molecular flexibility index (Phi) is 3.92. The molecule has 0 saturated carbocycles. The van der Waals surface area contributed by atoms with Gasteiger partial charge in [-0.2, -0.15) is 0 Å². The van der Waals surface area contributed by atoms with Gasteiger partial charge in [0.25, 0.3) is 0 Å². The van der Waals surface area contributed by atoms with Crippen molar-refractivity contribution >= 4 is 7.60 Å². The van der Waals surface area contributed by atoms with Gasteiger partial charge in [-0.25, -0.2) is 0 Å². The van der Waals surface area contributed by atoms with Crippen molar-refractivity contribution < 1.29 is 14.4 Å². The van der Waals surface area contributed by atoms with Crippen LogP contribution in [-0.4, -0.2) is 14.9 Å². The molecule has 78 valence electrons. The number of hydrogen-bond donors (Lipinski definition) is 2. The highest BCUT2D eigenvalue weighted by Gasteiger charge is 2.49. The second-order valence-corrected chi connectivity index (χ2v) is 5.81. The first kappa shape index (κ1) is 12.9. The Bertz CT molecular complexity index is 219. The Morgan fingerprint density at radius 2 is 1.54 bits per heavy atom. The Hall–Kier alpha value is -0.110. The molecule has 0 unspecified atom stereocenters. The zero-order chi connectivity index (χ0) is 10.9. The number of rotatable bonds is 4. The fourth-order valence-electron chi connectivity index (χ4n) is 1.93. The van der Waals surface area contributed by atoms with Gasteiger partial charge < -0.3 is 9.79 Å². The third-order valence-corrected chi connectivity index (χ3v) is 4.91. The van der Waals surface area contributed by atoms with Crippen molar-refractivity contribution in [1.29, 1.82) is 0 Å². The summed E-state index contributed by atoms with van der Waals surface area (Å²) in [6, 6.07) is 0. The summed E-state index contributed by atoms with van der Waals surface area (Å²) in [6.45, 7) is 10.8. The van der Waals surface area contributed by atoms with Gasteiger partial charge in [-0.05, 0) is 11.8 Å². The zero-order valence-electron chi connectivity index (χ0n) is 8.69. The van der Waals surface area contributed by atoms with Crippen LogP contribution in [0.15, 0.2) is 12.7 Å². The molecular weight excluding hydrogens is 187 g/mol. The molecule has 0 rings (SSSR count). The number of hydrogen-bond acceptors (Lipinski definition) is 1. The van der Waals surface area contributed by atoms with Crippen LogP contribution in [0.5, 0.6) is 0 Å². The van der Waals surface area contributed by atoms with E-state index in [0.717, 1.165) is 0 Å². The summed E-state index contributed by atoms with van der Waals surface area (Å²) in [6.07, 6.45) is 1.41. The highest BCUT2D eigenvalue weighted by molar-refractivity contribution is 7.53. The summed E-state index contributed by atoms with van der Waals surface area (Å²) in [7, 11) is -4.14. The second-order valence-electron chi connectivity index (χ2n) is 3.94. The topological polar surface area (TPSA) is 57.5 Å². The highest BCUT2D eigenvalue weighted by Crippen LogP contribution is 2.59. The van der Waals surface area contributed by atoms with Crippen LogP contribution < -0.4 is 0 Å². The molecule has 2 N–H and O–H groups in total. The van der Waals surface area contributed by atoms with Crippen molar-refractivity contribution in [2.45, 2.75) is 32.9 Å². The second kappa shape index (κ2) is 3.95. The Morgan fingerprint density at radius 3 is 1.54 bits per heavy atom. The molecule has 4 heteroatoms. The van der Waals surface area contributed by atoms with E-state index in [1.165, 1.54) is 6.08 Å². The molecule has 0 aromatic rings. The van der Waals surface area contributed by atoms with Crippen LogP contribution in [0.25, 0.3) is 0 Å². The molecule has 0 aliphatic carbocycles. The van der Waals surface area contributed by atoms with Crippen LogP contribution in [0.1, 0.15) is 27.7 Å². The summed E-state index contributed by atoms with van der Waals surface area (Å²) in [5.74, 6) is -0.239. The molecule has 0 heterocycles. The predicted molar refractivity (Wildman–Crippen MR) is 54.6 cm³/mol. The highest BCUT2D eigenvalue weighted by atomic mass is 31.2. The standard InChI is InChI=1S/C9H19O3P/c1-6-9(7(2)3,8(4)5)13(10,11)12/h6-8H,1H2,2-5H3,(H2,10,11,12). The first-order chi connectivity index (χ1) is 5.70. The molecule has 0 saturated heterocycles. The molecule has 0 radical (unpaired) electrons. The van der Waals surface area contributed by atoms with Crippen LogP contribution in [0.2, 0.25) is 0 Å². The van der Waals surface area contributed by atoms with Gasteiger partial charge in [-0.15, -0.1) is 6.58 Å². The lowest BCUT2D eigenvalue weighted by Gasteiger charge is -2.38. The molecule has 13 heavy (non-hydrogen) atoms. The van der Waals surface area contributed by atoms with E-state index in [1.54, 1.807) is 27.7 Å². The lowest BCUT2D eigenvalue weighted by Crippen LogP contribution is -2.38. The molecule has 0 bridgehead atoms. The van der Waals surface area contributed by atoms with E-state index in [1.807, 2.05) is 0 Å². The Labute approximate surface area is 80.0 Å². The van der Waals surface area contributed by atoms with Crippen molar-refractivity contribution in [2.75, 3.05) is 0 Å². The van der Waals surface area contributed by atoms with Gasteiger partial charge in [0.05, 0.1) is 5.16 Å². The van der Waals surface area contributed by atoms with E-state index < -0.39 is 12.8 Å². The lowest BCUT2D eigenvalue weighted by molar-refractivity contribution is 0.275. The van der Waals surface area contributed by atoms with E-state index in [2.05, 4.69) is 6.58 Å². The fourth-order valence-corrected chi connectivity index (χ4v) is 3.51. The van der Waals surface area contributed by atoms with E-state index in [4.69, 9.17) is 0 Å². The van der Waals surface area contributed by atoms with Crippen molar-refractivity contribution in [1.82, 2.24) is 0 Å². The normalized spacial score (nSPS) is 13.8. The van der Waals surface area contributed by atoms with E-state index in [-0.39, 0.29) is 11.8 Å². The van der Waals surface area contributed by atoms with Crippen molar-refractivity contribution in [2.24, 2.45) is 11.8 Å². The van der Waals surface area contributed by atoms with Crippen LogP contribution in [0, 0.1) is 11.8 Å². The van der Waals surface area contributed by atoms with Gasteiger partial charge in [-0.3, -0.25) is 4.57 Å². The first-order valence-electron chi connectivity index (χ1n) is 4.39. The third-order valence-electron chi connectivity index (χ3n) is 2.68. The SMILES string of the molecule is C=CC(C(C)C)(C(C)C)P(=O)(O)O. The van der Waals surface area contributed by atoms with Crippen molar-refractivity contribution in [3.63, 3.8) is 0 Å². The molecule has 0 aromatic heterocycles. The monoisotopic (exact) mass is 206 g/mol. The Morgan fingerprint density at radius 1 is 1.23 bits per heavy atom. The van der Waals surface area contributed by atoms with Crippen molar-refractivity contribution in [3.05, 3.63) is 12.7 Å². The summed E-state index contributed by atoms with van der Waals surface area (Å²) >= 11 is 0. The van der Waals surface area contributed by atoms with Gasteiger partial charge in [0.15, 0.2) is 0 Å². The quantitative estimate of drug-likeness (QED) is 0.548. The van der Waals surface area contributed by atoms with Gasteiger partial charge in [0, 0.05) is 0 Å². The van der Waals surface area contributed by atoms with Gasteiger partial charge >= 0.3 is 7.60 Å². The molecule has 0 aliphatic rings. The summed E-state index contributed by atoms with van der Waals surface area (Å²) < 4.78 is 11.4. The average Bonchev–Trinajstić information content (AvgIpc) is 1.83. The molecule has 0 fully saturated rings.